The molecule has 0 saturated heterocycles. The smallest absolute Gasteiger partial charge is 0.259 e. The fourth-order valence-corrected chi connectivity index (χ4v) is 3.80. The van der Waals surface area contributed by atoms with E-state index in [1.54, 1.807) is 7.11 Å². The maximum Gasteiger partial charge on any atom is 0.259 e. The number of amides is 1. The first kappa shape index (κ1) is 14.3. The second-order valence-electron chi connectivity index (χ2n) is 6.49. The Kier molecular flexibility index (Phi) is 3.56. The van der Waals surface area contributed by atoms with Gasteiger partial charge >= 0.3 is 0 Å². The summed E-state index contributed by atoms with van der Waals surface area (Å²) in [6, 6.07) is 14.3. The second-order valence-corrected chi connectivity index (χ2v) is 6.49. The van der Waals surface area contributed by atoms with Gasteiger partial charge in [-0.2, -0.15) is 0 Å². The zero-order valence-electron chi connectivity index (χ0n) is 13.4. The maximum absolute atomic E-state index is 12.7. The molecule has 118 valence electrons. The zero-order valence-corrected chi connectivity index (χ0v) is 13.4. The van der Waals surface area contributed by atoms with Crippen molar-refractivity contribution in [3.8, 4) is 5.75 Å². The average molecular weight is 307 g/mol. The van der Waals surface area contributed by atoms with Gasteiger partial charge in [0.1, 0.15) is 5.75 Å². The van der Waals surface area contributed by atoms with Gasteiger partial charge in [0.05, 0.1) is 13.7 Å². The molecule has 0 unspecified atom stereocenters. The summed E-state index contributed by atoms with van der Waals surface area (Å²) in [6.45, 7) is 0.640. The van der Waals surface area contributed by atoms with Crippen LogP contribution in [-0.4, -0.2) is 13.0 Å². The molecule has 2 aromatic carbocycles. The van der Waals surface area contributed by atoms with Gasteiger partial charge in [0.25, 0.3) is 5.91 Å². The molecule has 3 nitrogen and oxygen atoms in total. The first-order valence-corrected chi connectivity index (χ1v) is 8.35. The van der Waals surface area contributed by atoms with Gasteiger partial charge in [0.2, 0.25) is 0 Å². The van der Waals surface area contributed by atoms with Gasteiger partial charge < -0.3 is 9.64 Å². The number of nitrogens with zero attached hydrogens (tertiary/aromatic N) is 1. The molecule has 0 N–H and O–H groups in total. The summed E-state index contributed by atoms with van der Waals surface area (Å²) in [5.74, 6) is 1.50. The fraction of sp³-hybridized carbons (Fsp3) is 0.350. The highest BCUT2D eigenvalue weighted by atomic mass is 16.5. The van der Waals surface area contributed by atoms with Gasteiger partial charge in [-0.25, -0.2) is 0 Å². The molecule has 0 bridgehead atoms. The molecule has 23 heavy (non-hydrogen) atoms. The first-order chi connectivity index (χ1) is 11.3. The summed E-state index contributed by atoms with van der Waals surface area (Å²) in [5, 5.41) is 0. The van der Waals surface area contributed by atoms with E-state index in [1.807, 2.05) is 23.1 Å². The molecular formula is C20H21NO2. The molecule has 1 aliphatic carbocycles. The normalized spacial score (nSPS) is 17.6. The van der Waals surface area contributed by atoms with Crippen molar-refractivity contribution in [2.24, 2.45) is 0 Å². The molecule has 3 heteroatoms. The third-order valence-corrected chi connectivity index (χ3v) is 5.15. The van der Waals surface area contributed by atoms with Crippen LogP contribution in [0, 0.1) is 0 Å². The van der Waals surface area contributed by atoms with E-state index in [0.29, 0.717) is 12.5 Å². The predicted octanol–water partition coefficient (Wildman–Crippen LogP) is 4.51. The van der Waals surface area contributed by atoms with Gasteiger partial charge in [0.15, 0.2) is 0 Å². The van der Waals surface area contributed by atoms with Crippen molar-refractivity contribution < 1.29 is 9.53 Å². The molecule has 1 amide bonds. The highest BCUT2D eigenvalue weighted by Crippen LogP contribution is 2.36. The molecule has 1 saturated carbocycles. The number of hydrogen-bond donors (Lipinski definition) is 0. The summed E-state index contributed by atoms with van der Waals surface area (Å²) in [5.41, 5.74) is 4.21. The lowest BCUT2D eigenvalue weighted by Crippen LogP contribution is -2.22. The van der Waals surface area contributed by atoms with E-state index in [0.717, 1.165) is 22.6 Å². The molecule has 0 atom stereocenters. The molecule has 1 heterocycles. The lowest BCUT2D eigenvalue weighted by Gasteiger charge is -2.17. The molecular weight excluding hydrogens is 286 g/mol. The molecule has 2 aliphatic rings. The van der Waals surface area contributed by atoms with E-state index in [-0.39, 0.29) is 5.91 Å². The van der Waals surface area contributed by atoms with Crippen molar-refractivity contribution in [3.63, 3.8) is 0 Å². The van der Waals surface area contributed by atoms with Crippen molar-refractivity contribution in [2.45, 2.75) is 38.1 Å². The highest BCUT2D eigenvalue weighted by Gasteiger charge is 2.29. The Balaban J connectivity index is 1.58. The van der Waals surface area contributed by atoms with Gasteiger partial charge in [-0.15, -0.1) is 0 Å². The minimum absolute atomic E-state index is 0.0625. The first-order valence-electron chi connectivity index (χ1n) is 8.35. The Morgan fingerprint density at radius 1 is 1.04 bits per heavy atom. The van der Waals surface area contributed by atoms with Crippen LogP contribution in [0.1, 0.15) is 53.1 Å². The van der Waals surface area contributed by atoms with Crippen LogP contribution < -0.4 is 9.64 Å². The molecule has 0 aromatic heterocycles. The molecule has 4 rings (SSSR count). The Morgan fingerprint density at radius 3 is 2.48 bits per heavy atom. The van der Waals surface area contributed by atoms with Crippen molar-refractivity contribution in [1.29, 1.82) is 0 Å². The topological polar surface area (TPSA) is 29.5 Å². The Hall–Kier alpha value is -2.29. The van der Waals surface area contributed by atoms with Crippen LogP contribution in [0.25, 0.3) is 0 Å². The van der Waals surface area contributed by atoms with E-state index in [9.17, 15) is 4.79 Å². The van der Waals surface area contributed by atoms with E-state index in [1.165, 1.54) is 31.2 Å². The largest absolute Gasteiger partial charge is 0.497 e. The van der Waals surface area contributed by atoms with Crippen LogP contribution >= 0.6 is 0 Å². The van der Waals surface area contributed by atoms with Crippen molar-refractivity contribution in [1.82, 2.24) is 0 Å². The van der Waals surface area contributed by atoms with Crippen LogP contribution in [0.4, 0.5) is 5.69 Å². The van der Waals surface area contributed by atoms with E-state index in [4.69, 9.17) is 4.74 Å². The lowest BCUT2D eigenvalue weighted by molar-refractivity contribution is 0.0996. The maximum atomic E-state index is 12.7. The van der Waals surface area contributed by atoms with Crippen LogP contribution in [0.2, 0.25) is 0 Å². The zero-order chi connectivity index (χ0) is 15.8. The van der Waals surface area contributed by atoms with E-state index < -0.39 is 0 Å². The number of benzene rings is 2. The fourth-order valence-electron chi connectivity index (χ4n) is 3.80. The van der Waals surface area contributed by atoms with Gasteiger partial charge in [-0.1, -0.05) is 31.0 Å². The van der Waals surface area contributed by atoms with Crippen molar-refractivity contribution in [2.75, 3.05) is 12.0 Å². The van der Waals surface area contributed by atoms with Gasteiger partial charge in [-0.05, 0) is 54.2 Å². The molecule has 0 spiro atoms. The Morgan fingerprint density at radius 2 is 1.78 bits per heavy atom. The number of carbonyl (C=O) groups excluding carboxylic acids is 1. The summed E-state index contributed by atoms with van der Waals surface area (Å²) >= 11 is 0. The SMILES string of the molecule is COc1ccc2c(c1)C(=O)N(c1ccc(C3CCCC3)cc1)C2. The third-order valence-electron chi connectivity index (χ3n) is 5.15. The average Bonchev–Trinajstić information content (AvgIpc) is 3.23. The summed E-state index contributed by atoms with van der Waals surface area (Å²) in [7, 11) is 1.63. The van der Waals surface area contributed by atoms with Crippen LogP contribution in [-0.2, 0) is 6.54 Å². The molecule has 1 fully saturated rings. The summed E-state index contributed by atoms with van der Waals surface area (Å²) < 4.78 is 5.23. The van der Waals surface area contributed by atoms with E-state index in [2.05, 4.69) is 24.3 Å². The Labute approximate surface area is 136 Å². The van der Waals surface area contributed by atoms with Crippen molar-refractivity contribution in [3.05, 3.63) is 59.2 Å². The van der Waals surface area contributed by atoms with Gasteiger partial charge in [-0.3, -0.25) is 4.79 Å². The molecule has 0 radical (unpaired) electrons. The van der Waals surface area contributed by atoms with Crippen LogP contribution in [0.5, 0.6) is 5.75 Å². The number of hydrogen-bond acceptors (Lipinski definition) is 2. The number of fused-ring (bicyclic) bond motifs is 1. The molecule has 2 aromatic rings. The third kappa shape index (κ3) is 2.50. The standard InChI is InChI=1S/C20H21NO2/c1-23-18-11-8-16-13-21(20(22)19(16)12-18)17-9-6-15(7-10-17)14-4-2-3-5-14/h6-12,14H,2-5,13H2,1H3. The number of ether oxygens (including phenoxy) is 1. The van der Waals surface area contributed by atoms with Crippen LogP contribution in [0.3, 0.4) is 0 Å². The number of methoxy groups -OCH3 is 1. The monoisotopic (exact) mass is 307 g/mol. The lowest BCUT2D eigenvalue weighted by atomic mass is 9.97. The minimum atomic E-state index is 0.0625. The van der Waals surface area contributed by atoms with Crippen LogP contribution in [0.15, 0.2) is 42.5 Å². The predicted molar refractivity (Wildman–Crippen MR) is 91.2 cm³/mol. The summed E-state index contributed by atoms with van der Waals surface area (Å²) in [6.07, 6.45) is 5.28. The molecule has 1 aliphatic heterocycles. The number of rotatable bonds is 3. The van der Waals surface area contributed by atoms with E-state index >= 15 is 0 Å². The quantitative estimate of drug-likeness (QED) is 0.834. The van der Waals surface area contributed by atoms with Crippen molar-refractivity contribution >= 4 is 11.6 Å². The highest BCUT2D eigenvalue weighted by molar-refractivity contribution is 6.10. The van der Waals surface area contributed by atoms with Gasteiger partial charge in [0, 0.05) is 11.3 Å². The second kappa shape index (κ2) is 5.73. The number of anilines is 1. The summed E-state index contributed by atoms with van der Waals surface area (Å²) in [4.78, 5) is 14.5. The minimum Gasteiger partial charge on any atom is -0.497 e. The number of carbonyl (C=O) groups is 1. The Bertz CT molecular complexity index is 730.